The summed E-state index contributed by atoms with van der Waals surface area (Å²) in [4.78, 5) is 20.4. The van der Waals surface area contributed by atoms with Crippen LogP contribution in [0.1, 0.15) is 5.82 Å². The van der Waals surface area contributed by atoms with Crippen LogP contribution in [-0.2, 0) is 11.2 Å². The molecule has 22 heavy (non-hydrogen) atoms. The molecule has 6 nitrogen and oxygen atoms in total. The quantitative estimate of drug-likeness (QED) is 0.634. The zero-order chi connectivity index (χ0) is 16.1. The van der Waals surface area contributed by atoms with Crippen LogP contribution in [0.4, 0.5) is 5.69 Å². The number of halogens is 2. The first-order valence-corrected chi connectivity index (χ1v) is 7.96. The van der Waals surface area contributed by atoms with Gasteiger partial charge in [-0.3, -0.25) is 4.79 Å². The Morgan fingerprint density at radius 3 is 2.64 bits per heavy atom. The van der Waals surface area contributed by atoms with Crippen LogP contribution < -0.4 is 10.6 Å². The number of nitrogens with one attached hydrogen (secondary N) is 1. The van der Waals surface area contributed by atoms with E-state index in [0.717, 1.165) is 16.7 Å². The van der Waals surface area contributed by atoms with Crippen LogP contribution in [0, 0.1) is 0 Å². The number of rotatable bonds is 8. The van der Waals surface area contributed by atoms with Crippen molar-refractivity contribution in [3.05, 3.63) is 24.0 Å². The molecule has 120 valence electrons. The zero-order valence-corrected chi connectivity index (χ0v) is 13.4. The summed E-state index contributed by atoms with van der Waals surface area (Å²) in [7, 11) is 0. The van der Waals surface area contributed by atoms with Gasteiger partial charge in [0.15, 0.2) is 0 Å². The van der Waals surface area contributed by atoms with E-state index < -0.39 is 12.0 Å². The maximum Gasteiger partial charge on any atom is 0.320 e. The lowest BCUT2D eigenvalue weighted by molar-refractivity contribution is -0.138. The van der Waals surface area contributed by atoms with Crippen molar-refractivity contribution in [3.8, 4) is 0 Å². The molecule has 4 N–H and O–H groups in total. The van der Waals surface area contributed by atoms with Crippen LogP contribution in [0.25, 0.3) is 11.0 Å². The highest BCUT2D eigenvalue weighted by Gasteiger charge is 2.15. The number of carbonyl (C=O) groups is 1. The number of H-pyrrole nitrogens is 1. The molecule has 1 atom stereocenters. The lowest BCUT2D eigenvalue weighted by atomic mass is 10.2. The summed E-state index contributed by atoms with van der Waals surface area (Å²) in [5, 5.41) is 8.85. The summed E-state index contributed by atoms with van der Waals surface area (Å²) in [5.41, 5.74) is 8.13. The molecule has 0 fully saturated rings. The van der Waals surface area contributed by atoms with E-state index in [9.17, 15) is 4.79 Å². The summed E-state index contributed by atoms with van der Waals surface area (Å²) in [6, 6.07) is 4.82. The van der Waals surface area contributed by atoms with Crippen molar-refractivity contribution in [1.82, 2.24) is 9.97 Å². The molecule has 2 rings (SSSR count). The molecule has 2 aromatic rings. The fourth-order valence-corrected chi connectivity index (χ4v) is 2.62. The number of aliphatic carboxylic acids is 1. The fourth-order valence-electron chi connectivity index (χ4n) is 2.21. The summed E-state index contributed by atoms with van der Waals surface area (Å²) in [5.74, 6) is 0.535. The van der Waals surface area contributed by atoms with Gasteiger partial charge in [-0.1, -0.05) is 0 Å². The molecule has 0 spiro atoms. The number of nitrogens with zero attached hydrogens (tertiary/aromatic N) is 2. The monoisotopic (exact) mass is 344 g/mol. The maximum absolute atomic E-state index is 10.8. The lowest BCUT2D eigenvalue weighted by Gasteiger charge is -2.22. The number of nitrogens with two attached hydrogens (primary N) is 1. The predicted octanol–water partition coefficient (Wildman–Crippen LogP) is 1.80. The summed E-state index contributed by atoms with van der Waals surface area (Å²) < 4.78 is 0. The van der Waals surface area contributed by atoms with E-state index in [2.05, 4.69) is 14.9 Å². The zero-order valence-electron chi connectivity index (χ0n) is 11.9. The average Bonchev–Trinajstić information content (AvgIpc) is 2.88. The Bertz CT molecular complexity index is 641. The van der Waals surface area contributed by atoms with E-state index in [4.69, 9.17) is 34.0 Å². The van der Waals surface area contributed by atoms with Crippen molar-refractivity contribution in [2.24, 2.45) is 5.73 Å². The Labute approximate surface area is 138 Å². The molecule has 0 radical (unpaired) electrons. The normalized spacial score (nSPS) is 12.5. The number of alkyl halides is 2. The van der Waals surface area contributed by atoms with Gasteiger partial charge < -0.3 is 20.7 Å². The topological polar surface area (TPSA) is 95.2 Å². The predicted molar refractivity (Wildman–Crippen MR) is 89.1 cm³/mol. The van der Waals surface area contributed by atoms with Crippen molar-refractivity contribution < 1.29 is 9.90 Å². The van der Waals surface area contributed by atoms with Gasteiger partial charge in [-0.2, -0.15) is 0 Å². The van der Waals surface area contributed by atoms with Crippen molar-refractivity contribution in [3.63, 3.8) is 0 Å². The first-order valence-electron chi connectivity index (χ1n) is 6.89. The van der Waals surface area contributed by atoms with Gasteiger partial charge in [0.2, 0.25) is 0 Å². The number of hydrogen-bond acceptors (Lipinski definition) is 4. The fraction of sp³-hybridized carbons (Fsp3) is 0.429. The molecule has 1 aromatic heterocycles. The molecule has 8 heteroatoms. The van der Waals surface area contributed by atoms with Gasteiger partial charge in [0, 0.05) is 37.0 Å². The molecule has 0 bridgehead atoms. The molecule has 1 unspecified atom stereocenters. The van der Waals surface area contributed by atoms with Crippen LogP contribution in [0.2, 0.25) is 0 Å². The summed E-state index contributed by atoms with van der Waals surface area (Å²) in [6.07, 6.45) is 0.159. The minimum Gasteiger partial charge on any atom is -0.480 e. The average molecular weight is 345 g/mol. The maximum atomic E-state index is 10.8. The smallest absolute Gasteiger partial charge is 0.320 e. The van der Waals surface area contributed by atoms with Crippen molar-refractivity contribution in [2.45, 2.75) is 12.5 Å². The second kappa shape index (κ2) is 7.67. The van der Waals surface area contributed by atoms with Gasteiger partial charge in [0.1, 0.15) is 11.9 Å². The Morgan fingerprint density at radius 1 is 1.36 bits per heavy atom. The van der Waals surface area contributed by atoms with Crippen LogP contribution in [0.15, 0.2) is 18.2 Å². The summed E-state index contributed by atoms with van der Waals surface area (Å²) >= 11 is 11.6. The Kier molecular flexibility index (Phi) is 5.88. The molecule has 0 aliphatic rings. The van der Waals surface area contributed by atoms with Crippen LogP contribution in [0.3, 0.4) is 0 Å². The molecule has 0 saturated heterocycles. The summed E-state index contributed by atoms with van der Waals surface area (Å²) in [6.45, 7) is 1.40. The highest BCUT2D eigenvalue weighted by atomic mass is 35.5. The highest BCUT2D eigenvalue weighted by Crippen LogP contribution is 2.21. The van der Waals surface area contributed by atoms with Crippen LogP contribution in [-0.4, -0.2) is 51.9 Å². The first-order chi connectivity index (χ1) is 10.5. The number of hydrogen-bond donors (Lipinski definition) is 3. The van der Waals surface area contributed by atoms with Crippen LogP contribution in [0.5, 0.6) is 0 Å². The first kappa shape index (κ1) is 16.9. The largest absolute Gasteiger partial charge is 0.480 e. The number of aromatic nitrogens is 2. The number of fused-ring (bicyclic) bond motifs is 1. The van der Waals surface area contributed by atoms with Crippen molar-refractivity contribution >= 4 is 45.9 Å². The van der Waals surface area contributed by atoms with Gasteiger partial charge in [0.05, 0.1) is 11.0 Å². The minimum absolute atomic E-state index is 0.159. The van der Waals surface area contributed by atoms with E-state index in [1.807, 2.05) is 18.2 Å². The van der Waals surface area contributed by atoms with Gasteiger partial charge in [-0.05, 0) is 18.2 Å². The molecule has 0 saturated carbocycles. The second-order valence-corrected chi connectivity index (χ2v) is 5.65. The van der Waals surface area contributed by atoms with E-state index in [0.29, 0.717) is 30.7 Å². The van der Waals surface area contributed by atoms with E-state index >= 15 is 0 Å². The third kappa shape index (κ3) is 4.03. The highest BCUT2D eigenvalue weighted by molar-refractivity contribution is 6.18. The van der Waals surface area contributed by atoms with Crippen molar-refractivity contribution in [2.75, 3.05) is 29.7 Å². The third-order valence-corrected chi connectivity index (χ3v) is 3.66. The van der Waals surface area contributed by atoms with E-state index in [-0.39, 0.29) is 6.42 Å². The van der Waals surface area contributed by atoms with Gasteiger partial charge in [0.25, 0.3) is 0 Å². The third-order valence-electron chi connectivity index (χ3n) is 3.32. The van der Waals surface area contributed by atoms with Gasteiger partial charge in [-0.15, -0.1) is 23.2 Å². The number of benzene rings is 1. The molecular formula is C14H18Cl2N4O2. The molecule has 0 amide bonds. The number of carboxylic acid groups (broad SMARTS) is 1. The number of carboxylic acids is 1. The molecule has 1 heterocycles. The Morgan fingerprint density at radius 2 is 2.05 bits per heavy atom. The minimum atomic E-state index is -1.04. The Hall–Kier alpha value is -1.50. The lowest BCUT2D eigenvalue weighted by Crippen LogP contribution is -2.32. The van der Waals surface area contributed by atoms with Gasteiger partial charge in [-0.25, -0.2) is 4.98 Å². The van der Waals surface area contributed by atoms with Crippen molar-refractivity contribution in [1.29, 1.82) is 0 Å². The number of imidazole rings is 1. The van der Waals surface area contributed by atoms with E-state index in [1.165, 1.54) is 0 Å². The standard InChI is InChI=1S/C14H18Cl2N4O2/c15-3-5-20(6-4-16)9-1-2-11-12(7-9)19-13(18-11)8-10(17)14(21)22/h1-2,7,10H,3-6,8,17H2,(H,18,19)(H,21,22). The van der Waals surface area contributed by atoms with E-state index in [1.54, 1.807) is 0 Å². The molecule has 0 aliphatic carbocycles. The number of anilines is 1. The molecule has 0 aliphatic heterocycles. The second-order valence-electron chi connectivity index (χ2n) is 4.90. The van der Waals surface area contributed by atoms with Gasteiger partial charge >= 0.3 is 5.97 Å². The molecule has 1 aromatic carbocycles. The van der Waals surface area contributed by atoms with Crippen LogP contribution >= 0.6 is 23.2 Å². The Balaban J connectivity index is 2.24. The molecular weight excluding hydrogens is 327 g/mol. The number of aromatic amines is 1. The SMILES string of the molecule is NC(Cc1nc2ccc(N(CCCl)CCCl)cc2[nH]1)C(=O)O.